The smallest absolute Gasteiger partial charge is 0.324 e. The molecule has 1 atom stereocenters. The van der Waals surface area contributed by atoms with Gasteiger partial charge in [0.25, 0.3) is 0 Å². The number of rotatable bonds is 7. The number of aromatic nitrogens is 1. The quantitative estimate of drug-likeness (QED) is 0.519. The van der Waals surface area contributed by atoms with E-state index >= 15 is 0 Å². The minimum atomic E-state index is -0.242. The summed E-state index contributed by atoms with van der Waals surface area (Å²) in [4.78, 5) is 19.4. The summed E-state index contributed by atoms with van der Waals surface area (Å²) in [5.41, 5.74) is 2.05. The van der Waals surface area contributed by atoms with Crippen LogP contribution in [-0.2, 0) is 16.1 Å². The van der Waals surface area contributed by atoms with Crippen molar-refractivity contribution in [3.63, 3.8) is 0 Å². The lowest BCUT2D eigenvalue weighted by Crippen LogP contribution is -2.47. The van der Waals surface area contributed by atoms with Crippen LogP contribution in [0.1, 0.15) is 32.9 Å². The minimum Gasteiger partial charge on any atom is -0.458 e. The van der Waals surface area contributed by atoms with E-state index in [4.69, 9.17) is 9.47 Å². The fraction of sp³-hybridized carbons (Fsp3) is 0.391. The van der Waals surface area contributed by atoms with Crippen LogP contribution in [0.4, 0.5) is 0 Å². The Labute approximate surface area is 167 Å². The van der Waals surface area contributed by atoms with Gasteiger partial charge in [-0.2, -0.15) is 0 Å². The molecular weight excluding hydrogens is 352 g/mol. The Morgan fingerprint density at radius 3 is 2.61 bits per heavy atom. The number of para-hydroxylation sites is 1. The van der Waals surface area contributed by atoms with Crippen LogP contribution in [0.3, 0.4) is 0 Å². The summed E-state index contributed by atoms with van der Waals surface area (Å²) in [6.07, 6.45) is 3.19. The van der Waals surface area contributed by atoms with Crippen LogP contribution in [0.25, 0.3) is 0 Å². The lowest BCUT2D eigenvalue weighted by atomic mass is 9.99. The maximum Gasteiger partial charge on any atom is 0.324 e. The molecule has 5 nitrogen and oxygen atoms in total. The minimum absolute atomic E-state index is 0.136. The molecule has 0 N–H and O–H groups in total. The molecule has 5 heteroatoms. The molecule has 0 amide bonds. The molecule has 0 spiro atoms. The van der Waals surface area contributed by atoms with Gasteiger partial charge in [-0.25, -0.2) is 4.98 Å². The highest BCUT2D eigenvalue weighted by molar-refractivity contribution is 5.76. The standard InChI is InChI=1S/C23H28N2O3/c1-17(2)22(25-14-12-18(3)13-15-25)23(26)27-16-19-8-7-11-21(24-19)28-20-9-5-4-6-10-20/h4-12,17,22H,13-16H2,1-3H3. The number of carbonyl (C=O) groups is 1. The molecule has 0 bridgehead atoms. The van der Waals surface area contributed by atoms with Crippen molar-refractivity contribution in [3.05, 3.63) is 65.9 Å². The first-order valence-electron chi connectivity index (χ1n) is 9.78. The number of ether oxygens (including phenoxy) is 2. The maximum absolute atomic E-state index is 12.8. The molecule has 28 heavy (non-hydrogen) atoms. The second kappa shape index (κ2) is 9.51. The first kappa shape index (κ1) is 20.1. The summed E-state index contributed by atoms with van der Waals surface area (Å²) in [5.74, 6) is 1.19. The van der Waals surface area contributed by atoms with Gasteiger partial charge in [-0.05, 0) is 37.5 Å². The SMILES string of the molecule is CC1=CCN(C(C(=O)OCc2cccc(Oc3ccccc3)n2)C(C)C)CC1. The van der Waals surface area contributed by atoms with Gasteiger partial charge in [0.1, 0.15) is 18.4 Å². The Morgan fingerprint density at radius 1 is 1.14 bits per heavy atom. The topological polar surface area (TPSA) is 51.7 Å². The molecule has 1 aromatic carbocycles. The molecule has 1 aliphatic heterocycles. The molecule has 1 aliphatic rings. The molecule has 1 unspecified atom stereocenters. The predicted molar refractivity (Wildman–Crippen MR) is 109 cm³/mol. The van der Waals surface area contributed by atoms with Gasteiger partial charge in [0.15, 0.2) is 0 Å². The van der Waals surface area contributed by atoms with Crippen LogP contribution >= 0.6 is 0 Å². The monoisotopic (exact) mass is 380 g/mol. The zero-order chi connectivity index (χ0) is 19.9. The van der Waals surface area contributed by atoms with E-state index in [1.807, 2.05) is 42.5 Å². The highest BCUT2D eigenvalue weighted by Crippen LogP contribution is 2.21. The number of nitrogens with zero attached hydrogens (tertiary/aromatic N) is 2. The van der Waals surface area contributed by atoms with E-state index in [1.165, 1.54) is 5.57 Å². The van der Waals surface area contributed by atoms with Crippen LogP contribution < -0.4 is 4.74 Å². The summed E-state index contributed by atoms with van der Waals surface area (Å²) in [6, 6.07) is 14.7. The van der Waals surface area contributed by atoms with E-state index in [1.54, 1.807) is 6.07 Å². The fourth-order valence-corrected chi connectivity index (χ4v) is 3.32. The summed E-state index contributed by atoms with van der Waals surface area (Å²) in [5, 5.41) is 0. The highest BCUT2D eigenvalue weighted by Gasteiger charge is 2.30. The van der Waals surface area contributed by atoms with Crippen LogP contribution in [0.5, 0.6) is 11.6 Å². The van der Waals surface area contributed by atoms with Crippen molar-refractivity contribution in [2.75, 3.05) is 13.1 Å². The fourth-order valence-electron chi connectivity index (χ4n) is 3.32. The highest BCUT2D eigenvalue weighted by atomic mass is 16.5. The largest absolute Gasteiger partial charge is 0.458 e. The summed E-state index contributed by atoms with van der Waals surface area (Å²) in [6.45, 7) is 8.07. The third kappa shape index (κ3) is 5.42. The van der Waals surface area contributed by atoms with Crippen molar-refractivity contribution < 1.29 is 14.3 Å². The van der Waals surface area contributed by atoms with E-state index in [2.05, 4.69) is 36.7 Å². The van der Waals surface area contributed by atoms with Gasteiger partial charge < -0.3 is 9.47 Å². The molecule has 0 radical (unpaired) electrons. The van der Waals surface area contributed by atoms with Crippen LogP contribution in [0, 0.1) is 5.92 Å². The number of pyridine rings is 1. The van der Waals surface area contributed by atoms with Gasteiger partial charge in [-0.3, -0.25) is 9.69 Å². The summed E-state index contributed by atoms with van der Waals surface area (Å²) in [7, 11) is 0. The van der Waals surface area contributed by atoms with Gasteiger partial charge in [0.05, 0.1) is 5.69 Å². The zero-order valence-corrected chi connectivity index (χ0v) is 16.8. The van der Waals surface area contributed by atoms with Crippen molar-refractivity contribution in [2.45, 2.75) is 39.8 Å². The molecule has 3 rings (SSSR count). The maximum atomic E-state index is 12.8. The van der Waals surface area contributed by atoms with Gasteiger partial charge in [0.2, 0.25) is 5.88 Å². The average molecular weight is 380 g/mol. The molecule has 0 aliphatic carbocycles. The van der Waals surface area contributed by atoms with Crippen LogP contribution in [-0.4, -0.2) is 35.0 Å². The molecule has 2 aromatic rings. The van der Waals surface area contributed by atoms with Gasteiger partial charge in [0, 0.05) is 19.2 Å². The van der Waals surface area contributed by atoms with Crippen molar-refractivity contribution in [3.8, 4) is 11.6 Å². The third-order valence-corrected chi connectivity index (χ3v) is 4.84. The van der Waals surface area contributed by atoms with Crippen molar-refractivity contribution in [2.24, 2.45) is 5.92 Å². The van der Waals surface area contributed by atoms with E-state index in [-0.39, 0.29) is 24.5 Å². The van der Waals surface area contributed by atoms with Gasteiger partial charge in [-0.15, -0.1) is 0 Å². The third-order valence-electron chi connectivity index (χ3n) is 4.84. The van der Waals surface area contributed by atoms with Gasteiger partial charge >= 0.3 is 5.97 Å². The molecule has 0 fully saturated rings. The normalized spacial score (nSPS) is 15.8. The Hall–Kier alpha value is -2.66. The average Bonchev–Trinajstić information content (AvgIpc) is 2.69. The predicted octanol–water partition coefficient (Wildman–Crippen LogP) is 4.59. The summed E-state index contributed by atoms with van der Waals surface area (Å²) >= 11 is 0. The van der Waals surface area contributed by atoms with Crippen LogP contribution in [0.2, 0.25) is 0 Å². The van der Waals surface area contributed by atoms with Gasteiger partial charge in [-0.1, -0.05) is 49.8 Å². The molecular formula is C23H28N2O3. The lowest BCUT2D eigenvalue weighted by Gasteiger charge is -2.34. The zero-order valence-electron chi connectivity index (χ0n) is 16.8. The number of benzene rings is 1. The second-order valence-corrected chi connectivity index (χ2v) is 7.47. The van der Waals surface area contributed by atoms with E-state index in [0.717, 1.165) is 25.3 Å². The molecule has 2 heterocycles. The van der Waals surface area contributed by atoms with Crippen molar-refractivity contribution in [1.29, 1.82) is 0 Å². The van der Waals surface area contributed by atoms with Crippen LogP contribution in [0.15, 0.2) is 60.2 Å². The molecule has 0 saturated carbocycles. The first-order chi connectivity index (χ1) is 13.5. The number of hydrogen-bond donors (Lipinski definition) is 0. The van der Waals surface area contributed by atoms with Crippen molar-refractivity contribution in [1.82, 2.24) is 9.88 Å². The first-order valence-corrected chi connectivity index (χ1v) is 9.78. The number of hydrogen-bond acceptors (Lipinski definition) is 5. The van der Waals surface area contributed by atoms with Crippen molar-refractivity contribution >= 4 is 5.97 Å². The molecule has 1 aromatic heterocycles. The Morgan fingerprint density at radius 2 is 1.93 bits per heavy atom. The number of carbonyl (C=O) groups excluding carboxylic acids is 1. The Balaban J connectivity index is 1.60. The molecule has 148 valence electrons. The summed E-state index contributed by atoms with van der Waals surface area (Å²) < 4.78 is 11.4. The second-order valence-electron chi connectivity index (χ2n) is 7.47. The lowest BCUT2D eigenvalue weighted by molar-refractivity contribution is -0.153. The number of esters is 1. The molecule has 0 saturated heterocycles. The van der Waals surface area contributed by atoms with E-state index in [0.29, 0.717) is 11.6 Å². The van der Waals surface area contributed by atoms with E-state index in [9.17, 15) is 4.79 Å². The Kier molecular flexibility index (Phi) is 6.82. The van der Waals surface area contributed by atoms with E-state index < -0.39 is 0 Å². The Bertz CT molecular complexity index is 818.